The molecular weight excluding hydrogens is 506 g/mol. The Labute approximate surface area is 204 Å². The number of benzene rings is 1. The Morgan fingerprint density at radius 1 is 1.24 bits per heavy atom. The highest BCUT2D eigenvalue weighted by atomic mass is 35.5. The van der Waals surface area contributed by atoms with E-state index in [9.17, 15) is 13.2 Å². The lowest BCUT2D eigenvalue weighted by molar-refractivity contribution is -0.121. The van der Waals surface area contributed by atoms with Gasteiger partial charge in [0.05, 0.1) is 18.6 Å². The number of hydrogen-bond acceptors (Lipinski definition) is 7. The summed E-state index contributed by atoms with van der Waals surface area (Å²) < 4.78 is 41.6. The van der Waals surface area contributed by atoms with E-state index in [1.165, 1.54) is 27.8 Å². The highest BCUT2D eigenvalue weighted by molar-refractivity contribution is 7.91. The average molecular weight is 528 g/mol. The Balaban J connectivity index is 1.80. The van der Waals surface area contributed by atoms with Crippen molar-refractivity contribution in [3.63, 3.8) is 0 Å². The smallest absolute Gasteiger partial charge is 0.266 e. The summed E-state index contributed by atoms with van der Waals surface area (Å²) >= 11 is 8.19. The first-order valence-electron chi connectivity index (χ1n) is 10.0. The maximum Gasteiger partial charge on any atom is 0.266 e. The summed E-state index contributed by atoms with van der Waals surface area (Å²) in [5.41, 5.74) is 0.734. The Hall–Kier alpha value is -2.18. The summed E-state index contributed by atoms with van der Waals surface area (Å²) in [6, 6.07) is 5.70. The minimum Gasteiger partial charge on any atom is -0.495 e. The van der Waals surface area contributed by atoms with Gasteiger partial charge in [-0.15, -0.1) is 17.9 Å². The minimum atomic E-state index is -3.84. The molecule has 1 aromatic carbocycles. The standard InChI is InChI=1S/C21H22ClN3O5S3/c1-4-11-24-18-14(29-2)7-8-15(30-3)19(18)32-21(24)23-20(26)13-6-5-12-25(13)33(27,28)17-10-9-16(22)31-17/h4,7-10,13H,1,5-6,11-12H2,2-3H3. The highest BCUT2D eigenvalue weighted by Gasteiger charge is 2.40. The summed E-state index contributed by atoms with van der Waals surface area (Å²) in [6.45, 7) is 4.45. The number of thiazole rings is 1. The number of nitrogens with zero attached hydrogens (tertiary/aromatic N) is 3. The van der Waals surface area contributed by atoms with E-state index in [-0.39, 0.29) is 10.8 Å². The molecule has 0 spiro atoms. The van der Waals surface area contributed by atoms with Gasteiger partial charge in [0.1, 0.15) is 32.0 Å². The molecule has 0 aliphatic carbocycles. The lowest BCUT2D eigenvalue weighted by Crippen LogP contribution is -2.40. The fourth-order valence-electron chi connectivity index (χ4n) is 3.83. The first kappa shape index (κ1) is 24.0. The molecule has 1 saturated heterocycles. The maximum absolute atomic E-state index is 13.3. The van der Waals surface area contributed by atoms with Crippen molar-refractivity contribution in [2.45, 2.75) is 29.6 Å². The zero-order chi connectivity index (χ0) is 23.8. The van der Waals surface area contributed by atoms with E-state index in [1.54, 1.807) is 32.4 Å². The van der Waals surface area contributed by atoms with Crippen LogP contribution in [0.15, 0.2) is 46.1 Å². The molecule has 2 aromatic heterocycles. The molecule has 3 aromatic rings. The van der Waals surface area contributed by atoms with E-state index >= 15 is 0 Å². The molecule has 1 aliphatic heterocycles. The van der Waals surface area contributed by atoms with E-state index in [2.05, 4.69) is 11.6 Å². The molecule has 12 heteroatoms. The second-order valence-corrected chi connectivity index (χ2v) is 12.0. The lowest BCUT2D eigenvalue weighted by Gasteiger charge is -2.20. The second-order valence-electron chi connectivity index (χ2n) is 7.21. The molecule has 0 radical (unpaired) electrons. The number of thiophene rings is 1. The number of aromatic nitrogens is 1. The molecule has 1 fully saturated rings. The number of amides is 1. The molecule has 0 N–H and O–H groups in total. The van der Waals surface area contributed by atoms with Crippen LogP contribution in [0, 0.1) is 0 Å². The zero-order valence-electron chi connectivity index (χ0n) is 18.0. The first-order valence-corrected chi connectivity index (χ1v) is 13.5. The Kier molecular flexibility index (Phi) is 6.96. The van der Waals surface area contributed by atoms with Crippen LogP contribution in [-0.4, -0.2) is 50.0 Å². The average Bonchev–Trinajstić information content (AvgIpc) is 3.53. The van der Waals surface area contributed by atoms with Crippen LogP contribution >= 0.6 is 34.3 Å². The molecular formula is C21H22ClN3O5S3. The largest absolute Gasteiger partial charge is 0.495 e. The van der Waals surface area contributed by atoms with Crippen molar-refractivity contribution in [1.82, 2.24) is 8.87 Å². The van der Waals surface area contributed by atoms with Gasteiger partial charge in [0, 0.05) is 13.1 Å². The van der Waals surface area contributed by atoms with Crippen LogP contribution in [0.3, 0.4) is 0 Å². The number of carbonyl (C=O) groups excluding carboxylic acids is 1. The van der Waals surface area contributed by atoms with Crippen LogP contribution < -0.4 is 14.3 Å². The number of allylic oxidation sites excluding steroid dienone is 1. The topological polar surface area (TPSA) is 90.2 Å². The molecule has 3 heterocycles. The summed E-state index contributed by atoms with van der Waals surface area (Å²) in [5, 5.41) is 0. The maximum atomic E-state index is 13.3. The van der Waals surface area contributed by atoms with Crippen LogP contribution in [0.5, 0.6) is 11.5 Å². The number of carbonyl (C=O) groups is 1. The van der Waals surface area contributed by atoms with Crippen molar-refractivity contribution in [2.75, 3.05) is 20.8 Å². The Morgan fingerprint density at radius 3 is 2.61 bits per heavy atom. The molecule has 0 saturated carbocycles. The Bertz CT molecular complexity index is 1390. The summed E-state index contributed by atoms with van der Waals surface area (Å²) in [7, 11) is -0.709. The number of sulfonamides is 1. The fourth-order valence-corrected chi connectivity index (χ4v) is 8.25. The van der Waals surface area contributed by atoms with Crippen molar-refractivity contribution < 1.29 is 22.7 Å². The molecule has 1 atom stereocenters. The van der Waals surface area contributed by atoms with Gasteiger partial charge in [0.2, 0.25) is 0 Å². The summed E-state index contributed by atoms with van der Waals surface area (Å²) in [5.74, 6) is 0.723. The van der Waals surface area contributed by atoms with Gasteiger partial charge < -0.3 is 14.0 Å². The molecule has 1 amide bonds. The van der Waals surface area contributed by atoms with Crippen LogP contribution in [-0.2, 0) is 21.4 Å². The second kappa shape index (κ2) is 9.59. The van der Waals surface area contributed by atoms with Crippen LogP contribution in [0.4, 0.5) is 0 Å². The van der Waals surface area contributed by atoms with Crippen molar-refractivity contribution >= 4 is 60.4 Å². The van der Waals surface area contributed by atoms with E-state index in [4.69, 9.17) is 21.1 Å². The predicted octanol–water partition coefficient (Wildman–Crippen LogP) is 3.90. The quantitative estimate of drug-likeness (QED) is 0.435. The fraction of sp³-hybridized carbons (Fsp3) is 0.333. The third-order valence-corrected chi connectivity index (χ3v) is 10.0. The predicted molar refractivity (Wildman–Crippen MR) is 130 cm³/mol. The number of ether oxygens (including phenoxy) is 2. The molecule has 8 nitrogen and oxygen atoms in total. The van der Waals surface area contributed by atoms with E-state index in [1.807, 2.05) is 4.57 Å². The number of halogens is 1. The highest BCUT2D eigenvalue weighted by Crippen LogP contribution is 2.36. The molecule has 1 aliphatic rings. The van der Waals surface area contributed by atoms with Crippen LogP contribution in [0.2, 0.25) is 4.34 Å². The van der Waals surface area contributed by atoms with Crippen LogP contribution in [0.25, 0.3) is 10.2 Å². The normalized spacial score (nSPS) is 17.5. The van der Waals surface area contributed by atoms with Crippen molar-refractivity contribution in [1.29, 1.82) is 0 Å². The lowest BCUT2D eigenvalue weighted by atomic mass is 10.2. The van der Waals surface area contributed by atoms with Gasteiger partial charge in [-0.25, -0.2) is 8.42 Å². The van der Waals surface area contributed by atoms with E-state index < -0.39 is 22.0 Å². The van der Waals surface area contributed by atoms with Gasteiger partial charge in [-0.2, -0.15) is 9.30 Å². The number of rotatable bonds is 7. The van der Waals surface area contributed by atoms with Gasteiger partial charge >= 0.3 is 0 Å². The molecule has 176 valence electrons. The van der Waals surface area contributed by atoms with Gasteiger partial charge in [0.25, 0.3) is 15.9 Å². The Morgan fingerprint density at radius 2 is 1.97 bits per heavy atom. The van der Waals surface area contributed by atoms with Crippen molar-refractivity contribution in [2.24, 2.45) is 4.99 Å². The molecule has 33 heavy (non-hydrogen) atoms. The van der Waals surface area contributed by atoms with Gasteiger partial charge in [-0.3, -0.25) is 4.79 Å². The van der Waals surface area contributed by atoms with E-state index in [0.717, 1.165) is 21.6 Å². The third-order valence-electron chi connectivity index (χ3n) is 5.31. The van der Waals surface area contributed by atoms with Crippen molar-refractivity contribution in [3.05, 3.63) is 46.1 Å². The van der Waals surface area contributed by atoms with Gasteiger partial charge in [-0.1, -0.05) is 29.0 Å². The minimum absolute atomic E-state index is 0.116. The number of fused-ring (bicyclic) bond motifs is 1. The van der Waals surface area contributed by atoms with Gasteiger partial charge in [0.15, 0.2) is 4.80 Å². The summed E-state index contributed by atoms with van der Waals surface area (Å²) in [6.07, 6.45) is 2.67. The number of hydrogen-bond donors (Lipinski definition) is 0. The first-order chi connectivity index (χ1) is 15.8. The van der Waals surface area contributed by atoms with Crippen LogP contribution in [0.1, 0.15) is 12.8 Å². The van der Waals surface area contributed by atoms with E-state index in [0.29, 0.717) is 40.0 Å². The third kappa shape index (κ3) is 4.35. The monoisotopic (exact) mass is 527 g/mol. The number of methoxy groups -OCH3 is 2. The summed E-state index contributed by atoms with van der Waals surface area (Å²) in [4.78, 5) is 18.0. The molecule has 0 bridgehead atoms. The molecule has 4 rings (SSSR count). The zero-order valence-corrected chi connectivity index (χ0v) is 21.2. The van der Waals surface area contributed by atoms with Gasteiger partial charge in [-0.05, 0) is 37.1 Å². The molecule has 1 unspecified atom stereocenters. The SMILES string of the molecule is C=CCn1c(=NC(=O)C2CCCN2S(=O)(=O)c2ccc(Cl)s2)sc2c(OC)ccc(OC)c21. The van der Waals surface area contributed by atoms with Crippen molar-refractivity contribution in [3.8, 4) is 11.5 Å².